The largest absolute Gasteiger partial charge is 0.496 e. The van der Waals surface area contributed by atoms with Crippen LogP contribution in [-0.4, -0.2) is 25.0 Å². The minimum Gasteiger partial charge on any atom is -0.496 e. The summed E-state index contributed by atoms with van der Waals surface area (Å²) in [5.74, 6) is 0.470. The smallest absolute Gasteiger partial charge is 0.252 e. The lowest BCUT2D eigenvalue weighted by atomic mass is 10.1. The molecule has 0 bridgehead atoms. The second-order valence-corrected chi connectivity index (χ2v) is 4.24. The molecule has 5 heteroatoms. The Bertz CT molecular complexity index is 597. The van der Waals surface area contributed by atoms with E-state index in [9.17, 15) is 4.79 Å². The molecule has 0 spiro atoms. The molecule has 4 nitrogen and oxygen atoms in total. The second kappa shape index (κ2) is 5.71. The highest BCUT2D eigenvalue weighted by atomic mass is 35.5. The van der Waals surface area contributed by atoms with Gasteiger partial charge < -0.3 is 10.1 Å². The fraction of sp³-hybridized carbons (Fsp3) is 0.143. The van der Waals surface area contributed by atoms with Crippen LogP contribution in [-0.2, 0) is 0 Å². The topological polar surface area (TPSA) is 51.2 Å². The number of hydrogen-bond acceptors (Lipinski definition) is 3. The summed E-state index contributed by atoms with van der Waals surface area (Å²) in [5, 5.41) is 3.10. The monoisotopic (exact) mass is 276 g/mol. The Morgan fingerprint density at radius 3 is 2.68 bits per heavy atom. The Morgan fingerprint density at radius 2 is 2.11 bits per heavy atom. The Kier molecular flexibility index (Phi) is 4.02. The van der Waals surface area contributed by atoms with Crippen molar-refractivity contribution < 1.29 is 9.53 Å². The first-order valence-electron chi connectivity index (χ1n) is 5.68. The van der Waals surface area contributed by atoms with Gasteiger partial charge in [-0.1, -0.05) is 17.7 Å². The molecular formula is C14H13ClN2O2. The van der Waals surface area contributed by atoms with Crippen LogP contribution in [0.1, 0.15) is 10.4 Å². The number of amides is 1. The van der Waals surface area contributed by atoms with E-state index < -0.39 is 0 Å². The molecule has 1 amide bonds. The summed E-state index contributed by atoms with van der Waals surface area (Å²) in [6.07, 6.45) is 1.51. The number of nitrogens with zero attached hydrogens (tertiary/aromatic N) is 1. The number of rotatable bonds is 3. The van der Waals surface area contributed by atoms with Crippen LogP contribution >= 0.6 is 11.6 Å². The van der Waals surface area contributed by atoms with E-state index in [2.05, 4.69) is 10.3 Å². The minimum atomic E-state index is -0.176. The van der Waals surface area contributed by atoms with Gasteiger partial charge in [0.25, 0.3) is 5.91 Å². The highest BCUT2D eigenvalue weighted by molar-refractivity contribution is 6.33. The van der Waals surface area contributed by atoms with Crippen LogP contribution < -0.4 is 10.1 Å². The van der Waals surface area contributed by atoms with Gasteiger partial charge in [0.1, 0.15) is 5.75 Å². The average molecular weight is 277 g/mol. The number of aromatic nitrogens is 1. The maximum atomic E-state index is 11.4. The van der Waals surface area contributed by atoms with Gasteiger partial charge in [0, 0.05) is 13.2 Å². The normalized spacial score (nSPS) is 10.1. The van der Waals surface area contributed by atoms with Crippen molar-refractivity contribution in [1.82, 2.24) is 10.3 Å². The summed E-state index contributed by atoms with van der Waals surface area (Å²) in [6, 6.07) is 8.84. The molecule has 2 aromatic rings. The molecule has 0 saturated heterocycles. The average Bonchev–Trinajstić information content (AvgIpc) is 2.46. The molecule has 0 aliphatic carbocycles. The van der Waals surface area contributed by atoms with Crippen LogP contribution in [0.25, 0.3) is 11.3 Å². The molecule has 19 heavy (non-hydrogen) atoms. The van der Waals surface area contributed by atoms with Crippen molar-refractivity contribution in [3.05, 3.63) is 47.1 Å². The van der Waals surface area contributed by atoms with Crippen LogP contribution in [0.15, 0.2) is 36.5 Å². The van der Waals surface area contributed by atoms with Crippen LogP contribution in [0.5, 0.6) is 5.75 Å². The van der Waals surface area contributed by atoms with Crippen molar-refractivity contribution >= 4 is 17.5 Å². The van der Waals surface area contributed by atoms with Gasteiger partial charge in [-0.2, -0.15) is 0 Å². The zero-order valence-electron chi connectivity index (χ0n) is 10.6. The Hall–Kier alpha value is -2.07. The molecule has 1 heterocycles. The van der Waals surface area contributed by atoms with E-state index in [0.717, 1.165) is 5.56 Å². The summed E-state index contributed by atoms with van der Waals surface area (Å²) >= 11 is 6.17. The zero-order chi connectivity index (χ0) is 13.8. The summed E-state index contributed by atoms with van der Waals surface area (Å²) in [4.78, 5) is 15.7. The molecule has 0 aliphatic rings. The maximum absolute atomic E-state index is 11.4. The van der Waals surface area contributed by atoms with Crippen molar-refractivity contribution in [2.24, 2.45) is 0 Å². The molecule has 0 unspecified atom stereocenters. The Balaban J connectivity index is 2.46. The standard InChI is InChI=1S/C14H13ClN2O2/c1-16-14(18)9-6-7-11(17-8-9)13-10(15)4-3-5-12(13)19-2/h3-8H,1-2H3,(H,16,18). The maximum Gasteiger partial charge on any atom is 0.252 e. The van der Waals surface area contributed by atoms with E-state index in [1.165, 1.54) is 6.20 Å². The van der Waals surface area contributed by atoms with E-state index in [1.807, 2.05) is 12.1 Å². The van der Waals surface area contributed by atoms with Crippen molar-refractivity contribution in [1.29, 1.82) is 0 Å². The summed E-state index contributed by atoms with van der Waals surface area (Å²) in [5.41, 5.74) is 1.88. The molecule has 0 fully saturated rings. The minimum absolute atomic E-state index is 0.176. The molecule has 98 valence electrons. The molecule has 0 radical (unpaired) electrons. The van der Waals surface area contributed by atoms with Crippen molar-refractivity contribution in [2.45, 2.75) is 0 Å². The molecule has 0 atom stereocenters. The molecule has 1 N–H and O–H groups in total. The molecular weight excluding hydrogens is 264 g/mol. The summed E-state index contributed by atoms with van der Waals surface area (Å²) in [6.45, 7) is 0. The van der Waals surface area contributed by atoms with Gasteiger partial charge in [-0.3, -0.25) is 9.78 Å². The van der Waals surface area contributed by atoms with Crippen molar-refractivity contribution in [2.75, 3.05) is 14.2 Å². The number of carbonyl (C=O) groups is 1. The predicted octanol–water partition coefficient (Wildman–Crippen LogP) is 2.77. The third-order valence-corrected chi connectivity index (χ3v) is 3.02. The number of ether oxygens (including phenoxy) is 1. The van der Waals surface area contributed by atoms with E-state index in [4.69, 9.17) is 16.3 Å². The molecule has 0 saturated carbocycles. The number of pyridine rings is 1. The highest BCUT2D eigenvalue weighted by Gasteiger charge is 2.12. The summed E-state index contributed by atoms with van der Waals surface area (Å²) < 4.78 is 5.28. The fourth-order valence-electron chi connectivity index (χ4n) is 1.74. The number of halogens is 1. The van der Waals surface area contributed by atoms with Crippen LogP contribution in [0.4, 0.5) is 0 Å². The van der Waals surface area contributed by atoms with E-state index >= 15 is 0 Å². The van der Waals surface area contributed by atoms with Gasteiger partial charge in [0.15, 0.2) is 0 Å². The Morgan fingerprint density at radius 1 is 1.32 bits per heavy atom. The van der Waals surface area contributed by atoms with Gasteiger partial charge in [0.05, 0.1) is 29.0 Å². The van der Waals surface area contributed by atoms with Gasteiger partial charge in [-0.15, -0.1) is 0 Å². The van der Waals surface area contributed by atoms with Crippen LogP contribution in [0.2, 0.25) is 5.02 Å². The first-order chi connectivity index (χ1) is 9.17. The van der Waals surface area contributed by atoms with Crippen molar-refractivity contribution in [3.63, 3.8) is 0 Å². The molecule has 1 aromatic heterocycles. The van der Waals surface area contributed by atoms with E-state index in [1.54, 1.807) is 32.4 Å². The molecule has 1 aromatic carbocycles. The number of methoxy groups -OCH3 is 1. The number of nitrogens with one attached hydrogen (secondary N) is 1. The van der Waals surface area contributed by atoms with Crippen LogP contribution in [0, 0.1) is 0 Å². The van der Waals surface area contributed by atoms with Gasteiger partial charge in [-0.05, 0) is 24.3 Å². The lowest BCUT2D eigenvalue weighted by Gasteiger charge is -2.10. The highest BCUT2D eigenvalue weighted by Crippen LogP contribution is 2.35. The van der Waals surface area contributed by atoms with Crippen LogP contribution in [0.3, 0.4) is 0 Å². The zero-order valence-corrected chi connectivity index (χ0v) is 11.4. The fourth-order valence-corrected chi connectivity index (χ4v) is 2.01. The van der Waals surface area contributed by atoms with Gasteiger partial charge >= 0.3 is 0 Å². The third-order valence-electron chi connectivity index (χ3n) is 2.70. The van der Waals surface area contributed by atoms with Gasteiger partial charge in [-0.25, -0.2) is 0 Å². The third kappa shape index (κ3) is 2.69. The van der Waals surface area contributed by atoms with Crippen molar-refractivity contribution in [3.8, 4) is 17.0 Å². The number of carbonyl (C=O) groups excluding carboxylic acids is 1. The lowest BCUT2D eigenvalue weighted by Crippen LogP contribution is -2.17. The van der Waals surface area contributed by atoms with E-state index in [0.29, 0.717) is 22.0 Å². The first kappa shape index (κ1) is 13.4. The SMILES string of the molecule is CNC(=O)c1ccc(-c2c(Cl)cccc2OC)nc1. The summed E-state index contributed by atoms with van der Waals surface area (Å²) in [7, 11) is 3.15. The quantitative estimate of drug-likeness (QED) is 0.938. The van der Waals surface area contributed by atoms with Gasteiger partial charge in [0.2, 0.25) is 0 Å². The Labute approximate surface area is 116 Å². The number of benzene rings is 1. The van der Waals surface area contributed by atoms with E-state index in [-0.39, 0.29) is 5.91 Å². The molecule has 0 aliphatic heterocycles. The second-order valence-electron chi connectivity index (χ2n) is 3.83. The number of hydrogen-bond donors (Lipinski definition) is 1. The predicted molar refractivity (Wildman–Crippen MR) is 74.6 cm³/mol. The lowest BCUT2D eigenvalue weighted by molar-refractivity contribution is 0.0963. The first-order valence-corrected chi connectivity index (χ1v) is 6.06. The molecule has 2 rings (SSSR count).